The number of thiazole rings is 3. The minimum absolute atomic E-state index is 1.05. The van der Waals surface area contributed by atoms with Gasteiger partial charge in [-0.05, 0) is 271 Å². The van der Waals surface area contributed by atoms with E-state index in [4.69, 9.17) is 15.0 Å². The van der Waals surface area contributed by atoms with Crippen LogP contribution in [0.3, 0.4) is 0 Å². The molecule has 0 unspecified atom stereocenters. The van der Waals surface area contributed by atoms with Crippen LogP contribution in [0, 0.1) is 0 Å². The van der Waals surface area contributed by atoms with Crippen LogP contribution < -0.4 is 14.7 Å². The molecule has 0 saturated carbocycles. The highest BCUT2D eigenvalue weighted by molar-refractivity contribution is 7.22. The summed E-state index contributed by atoms with van der Waals surface area (Å²) < 4.78 is 3.63. The van der Waals surface area contributed by atoms with Gasteiger partial charge in [0.1, 0.15) is 15.0 Å². The Morgan fingerprint density at radius 1 is 0.133 bits per heavy atom. The summed E-state index contributed by atoms with van der Waals surface area (Å²) in [4.78, 5) is 22.6. The molecular weight excluding hydrogens is 1870 g/mol. The number of nitrogens with zero attached hydrogens (tertiary/aromatic N) is 6. The highest BCUT2D eigenvalue weighted by atomic mass is 32.1. The van der Waals surface area contributed by atoms with Crippen molar-refractivity contribution in [2.24, 2.45) is 0 Å². The lowest BCUT2D eigenvalue weighted by Crippen LogP contribution is -2.10. The number of hydrogen-bond donors (Lipinski definition) is 0. The van der Waals surface area contributed by atoms with Crippen LogP contribution in [0.25, 0.3) is 215 Å². The van der Waals surface area contributed by atoms with Gasteiger partial charge in [0.05, 0.1) is 36.3 Å². The van der Waals surface area contributed by atoms with Crippen LogP contribution in [-0.4, -0.2) is 15.0 Å². The van der Waals surface area contributed by atoms with Crippen molar-refractivity contribution in [2.75, 3.05) is 14.7 Å². The predicted octanol–water partition coefficient (Wildman–Crippen LogP) is 41.0. The maximum absolute atomic E-state index is 5.21. The molecule has 0 aliphatic heterocycles. The average molecular weight is 1970 g/mol. The molecule has 0 aliphatic rings. The minimum Gasteiger partial charge on any atom is -0.311 e. The summed E-state index contributed by atoms with van der Waals surface area (Å²) in [7, 11) is 0. The topological polar surface area (TPSA) is 48.4 Å². The molecule has 0 amide bonds. The molecule has 0 saturated heterocycles. The second-order valence-corrected chi connectivity index (χ2v) is 41.2. The molecule has 29 aromatic rings. The molecule has 0 radical (unpaired) electrons. The zero-order chi connectivity index (χ0) is 99.3. The van der Waals surface area contributed by atoms with E-state index in [1.54, 1.807) is 34.0 Å². The van der Waals surface area contributed by atoms with Crippen molar-refractivity contribution in [2.45, 2.75) is 0 Å². The van der Waals surface area contributed by atoms with E-state index in [-0.39, 0.29) is 0 Å². The summed E-state index contributed by atoms with van der Waals surface area (Å²) in [6.45, 7) is 0. The van der Waals surface area contributed by atoms with Crippen LogP contribution in [0.2, 0.25) is 0 Å². The first kappa shape index (κ1) is 89.9. The van der Waals surface area contributed by atoms with E-state index < -0.39 is 0 Å². The third kappa shape index (κ3) is 17.4. The Labute approximate surface area is 880 Å². The Morgan fingerprint density at radius 3 is 0.713 bits per heavy atom. The zero-order valence-corrected chi connectivity index (χ0v) is 84.0. The molecule has 6 nitrogen and oxygen atoms in total. The van der Waals surface area contributed by atoms with Gasteiger partial charge in [-0.2, -0.15) is 0 Å². The summed E-state index contributed by atoms with van der Waals surface area (Å²) in [5.74, 6) is 0. The molecule has 3 heterocycles. The first-order chi connectivity index (χ1) is 74.3. The summed E-state index contributed by atoms with van der Waals surface area (Å²) in [5.41, 5.74) is 28.7. The summed E-state index contributed by atoms with van der Waals surface area (Å²) in [5, 5.41) is 25.1. The van der Waals surface area contributed by atoms with Crippen molar-refractivity contribution in [3.63, 3.8) is 0 Å². The lowest BCUT2D eigenvalue weighted by molar-refractivity contribution is 1.28. The van der Waals surface area contributed by atoms with Gasteiger partial charge in [0.25, 0.3) is 0 Å². The lowest BCUT2D eigenvalue weighted by Gasteiger charge is -2.27. The molecule has 3 aromatic heterocycles. The van der Waals surface area contributed by atoms with E-state index in [0.29, 0.717) is 0 Å². The lowest BCUT2D eigenvalue weighted by atomic mass is 9.96. The molecule has 9 heteroatoms. The SMILES string of the molecule is c1ccc(-c2ccc(N(c3ccc(-c4ccc5ccc6ccc7sc(-c8ccccc8)nc7c6c5c4)cc3)c3cccc4ccccc34)cc2)cc1.c1ccc(-c2ccc(N(c3ccccc3)c3ccc(-c4ccc5ccc6ccc7sc(-c8ccccc8)nc7c6c5c4)cc3)cc2)cc1.c1ccc(-c2nc3c(ccc4ccc5ccc(-c6ccc(N(c7ccc8ccccc8c7)c7ccc8ccccc8c7)cc6)cc5c43)s2)cc1. The maximum atomic E-state index is 5.21. The second kappa shape index (κ2) is 39.2. The fraction of sp³-hybridized carbons (Fsp3) is 0. The van der Waals surface area contributed by atoms with Crippen molar-refractivity contribution < 1.29 is 0 Å². The minimum atomic E-state index is 1.05. The van der Waals surface area contributed by atoms with Crippen molar-refractivity contribution in [1.82, 2.24) is 15.0 Å². The number of aromatic nitrogens is 3. The number of anilines is 9. The van der Waals surface area contributed by atoms with Crippen molar-refractivity contribution in [3.05, 3.63) is 558 Å². The van der Waals surface area contributed by atoms with Gasteiger partial charge < -0.3 is 14.7 Å². The molecule has 0 fully saturated rings. The normalized spacial score (nSPS) is 11.5. The molecule has 26 aromatic carbocycles. The summed E-state index contributed by atoms with van der Waals surface area (Å²) in [6.07, 6.45) is 0. The van der Waals surface area contributed by atoms with Gasteiger partial charge in [-0.15, -0.1) is 34.0 Å². The van der Waals surface area contributed by atoms with Gasteiger partial charge >= 0.3 is 0 Å². The standard InChI is InChI=1S/C49H32N2S.C47H30N2S.C45H30N2S/c1-3-10-33(11-4-1)34-22-27-41(28-23-34)51(45-17-9-15-36-12-7-8-16-43(36)45)42-29-24-35(25-30-42)40-21-19-37-18-20-38-26-31-46-48(47(38)44(37)32-40)50-49(52-46)39-13-5-2-6-14-39;1-2-10-36(11-3-1)47-48-46-44(50-47)27-22-35-16-14-34-15-17-39(30-43(34)45(35)46)33-18-23-40(24-19-33)49(41-25-20-31-8-4-6-12-37(31)28-41)42-26-21-32-9-5-7-13-38(32)29-42;1-4-10-31(11-5-1)32-20-25-39(26-21-32)47(38-14-8-3-9-15-38)40-27-22-33(23-28-40)37-19-17-34-16-18-35-24-29-42-44(43(35)41(34)30-37)46-45(48-42)36-12-6-2-7-13-36/h1-32H;1-30H;1-30H. The largest absolute Gasteiger partial charge is 0.311 e. The number of para-hydroxylation sites is 1. The zero-order valence-electron chi connectivity index (χ0n) is 81.5. The van der Waals surface area contributed by atoms with E-state index in [1.165, 1.54) is 167 Å². The Kier molecular flexibility index (Phi) is 23.5. The van der Waals surface area contributed by atoms with Crippen molar-refractivity contribution >= 4 is 213 Å². The third-order valence-electron chi connectivity index (χ3n) is 29.0. The Balaban J connectivity index is 0.000000111. The van der Waals surface area contributed by atoms with Gasteiger partial charge in [-0.25, -0.2) is 15.0 Å². The quantitative estimate of drug-likeness (QED) is 0.0847. The molecule has 0 bridgehead atoms. The Bertz CT molecular complexity index is 10000. The van der Waals surface area contributed by atoms with Crippen molar-refractivity contribution in [1.29, 1.82) is 0 Å². The van der Waals surface area contributed by atoms with Crippen molar-refractivity contribution in [3.8, 4) is 87.3 Å². The molecule has 0 aliphatic carbocycles. The van der Waals surface area contributed by atoms with Crippen LogP contribution in [0.1, 0.15) is 0 Å². The van der Waals surface area contributed by atoms with Crippen LogP contribution in [-0.2, 0) is 0 Å². The number of benzene rings is 26. The van der Waals surface area contributed by atoms with E-state index in [0.717, 1.165) is 99.4 Å². The van der Waals surface area contributed by atoms with Crippen LogP contribution in [0.4, 0.5) is 51.2 Å². The van der Waals surface area contributed by atoms with Crippen LogP contribution in [0.5, 0.6) is 0 Å². The predicted molar refractivity (Wildman–Crippen MR) is 644 cm³/mol. The van der Waals surface area contributed by atoms with Crippen LogP contribution >= 0.6 is 34.0 Å². The molecular formula is C141H92N6S3. The molecule has 29 rings (SSSR count). The van der Waals surface area contributed by atoms with Crippen LogP contribution in [0.15, 0.2) is 558 Å². The van der Waals surface area contributed by atoms with Gasteiger partial charge in [0.2, 0.25) is 0 Å². The fourth-order valence-electron chi connectivity index (χ4n) is 21.4. The molecule has 150 heavy (non-hydrogen) atoms. The van der Waals surface area contributed by atoms with E-state index in [1.807, 2.05) is 0 Å². The Morgan fingerprint density at radius 2 is 0.360 bits per heavy atom. The van der Waals surface area contributed by atoms with E-state index in [2.05, 4.69) is 573 Å². The first-order valence-corrected chi connectivity index (χ1v) is 53.2. The highest BCUT2D eigenvalue weighted by Crippen LogP contribution is 2.49. The monoisotopic (exact) mass is 1960 g/mol. The fourth-order valence-corrected chi connectivity index (χ4v) is 24.4. The van der Waals surface area contributed by atoms with Gasteiger partial charge in [-0.1, -0.05) is 419 Å². The van der Waals surface area contributed by atoms with E-state index >= 15 is 0 Å². The molecule has 704 valence electrons. The first-order valence-electron chi connectivity index (χ1n) is 50.8. The van der Waals surface area contributed by atoms with E-state index in [9.17, 15) is 0 Å². The molecule has 0 atom stereocenters. The Hall–Kier alpha value is -18.9. The van der Waals surface area contributed by atoms with Gasteiger partial charge in [0.15, 0.2) is 0 Å². The van der Waals surface area contributed by atoms with Gasteiger partial charge in [0, 0.05) is 83.7 Å². The second-order valence-electron chi connectivity index (χ2n) is 38.1. The smallest absolute Gasteiger partial charge is 0.124 e. The molecule has 0 N–H and O–H groups in total. The van der Waals surface area contributed by atoms with Gasteiger partial charge in [-0.3, -0.25) is 0 Å². The average Bonchev–Trinajstić information content (AvgIpc) is 1.53. The third-order valence-corrected chi connectivity index (χ3v) is 32.2. The number of rotatable bonds is 17. The highest BCUT2D eigenvalue weighted by Gasteiger charge is 2.24. The number of hydrogen-bond acceptors (Lipinski definition) is 9. The maximum Gasteiger partial charge on any atom is 0.124 e. The summed E-state index contributed by atoms with van der Waals surface area (Å²) >= 11 is 5.28. The molecule has 0 spiro atoms. The summed E-state index contributed by atoms with van der Waals surface area (Å²) in [6, 6.07) is 201. The number of fused-ring (bicyclic) bond motifs is 18.